The van der Waals surface area contributed by atoms with E-state index in [0.717, 1.165) is 16.8 Å². The van der Waals surface area contributed by atoms with Gasteiger partial charge in [-0.2, -0.15) is 0 Å². The quantitative estimate of drug-likeness (QED) is 0.886. The van der Waals surface area contributed by atoms with Crippen LogP contribution in [0.4, 0.5) is 0 Å². The first-order valence-electron chi connectivity index (χ1n) is 8.14. The zero-order valence-corrected chi connectivity index (χ0v) is 14.7. The molecule has 1 fully saturated rings. The van der Waals surface area contributed by atoms with Crippen molar-refractivity contribution < 1.29 is 19.4 Å². The third-order valence-electron chi connectivity index (χ3n) is 4.28. The van der Waals surface area contributed by atoms with Gasteiger partial charge in [0, 0.05) is 30.0 Å². The molecule has 5 nitrogen and oxygen atoms in total. The van der Waals surface area contributed by atoms with Crippen LogP contribution in [0.15, 0.2) is 36.5 Å². The Morgan fingerprint density at radius 3 is 2.84 bits per heavy atom. The number of aromatic nitrogens is 1. The third kappa shape index (κ3) is 4.37. The number of halogens is 1. The lowest BCUT2D eigenvalue weighted by molar-refractivity contribution is -0.139. The summed E-state index contributed by atoms with van der Waals surface area (Å²) in [5.74, 6) is 0.802. The lowest BCUT2D eigenvalue weighted by atomic mass is 9.95. The molecule has 0 radical (unpaired) electrons. The topological polar surface area (TPSA) is 68.7 Å². The van der Waals surface area contributed by atoms with E-state index < -0.39 is 6.10 Å². The molecule has 1 saturated heterocycles. The fourth-order valence-electron chi connectivity index (χ4n) is 2.94. The molecule has 1 aliphatic rings. The molecule has 132 valence electrons. The van der Waals surface area contributed by atoms with Crippen LogP contribution in [0.3, 0.4) is 0 Å². The third-order valence-corrected chi connectivity index (χ3v) is 4.64. The zero-order chi connectivity index (χ0) is 17.8. The number of benzene rings is 1. The number of nitrogens with zero attached hydrogens (tertiary/aromatic N) is 1. The molecule has 0 aliphatic carbocycles. The van der Waals surface area contributed by atoms with E-state index in [9.17, 15) is 9.90 Å². The van der Waals surface area contributed by atoms with Crippen molar-refractivity contribution in [2.24, 2.45) is 0 Å². The number of hydrogen-bond acceptors (Lipinski definition) is 5. The predicted octanol–water partition coefficient (Wildman–Crippen LogP) is 3.12. The van der Waals surface area contributed by atoms with Crippen LogP contribution in [-0.2, 0) is 16.0 Å². The molecule has 3 rings (SSSR count). The molecular weight excluding hydrogens is 342 g/mol. The summed E-state index contributed by atoms with van der Waals surface area (Å²) in [7, 11) is 1.60. The highest BCUT2D eigenvalue weighted by Crippen LogP contribution is 2.32. The van der Waals surface area contributed by atoms with Crippen LogP contribution in [0.2, 0.25) is 5.02 Å². The Kier molecular flexibility index (Phi) is 5.68. The first kappa shape index (κ1) is 17.9. The monoisotopic (exact) mass is 361 g/mol. The average Bonchev–Trinajstić information content (AvgIpc) is 2.63. The highest BCUT2D eigenvalue weighted by atomic mass is 35.5. The van der Waals surface area contributed by atoms with E-state index in [0.29, 0.717) is 23.6 Å². The van der Waals surface area contributed by atoms with Crippen LogP contribution in [0, 0.1) is 0 Å². The largest absolute Gasteiger partial charge is 0.495 e. The van der Waals surface area contributed by atoms with Gasteiger partial charge in [-0.05, 0) is 29.3 Å². The molecule has 2 heterocycles. The summed E-state index contributed by atoms with van der Waals surface area (Å²) in [6, 6.07) is 9.38. The van der Waals surface area contributed by atoms with Crippen molar-refractivity contribution in [1.82, 2.24) is 4.98 Å². The molecule has 6 heteroatoms. The van der Waals surface area contributed by atoms with Crippen molar-refractivity contribution in [2.75, 3.05) is 13.7 Å². The van der Waals surface area contributed by atoms with E-state index in [2.05, 4.69) is 4.98 Å². The number of carbonyl (C=O) groups excluding carboxylic acids is 1. The summed E-state index contributed by atoms with van der Waals surface area (Å²) in [5.41, 5.74) is 2.67. The number of ketones is 1. The summed E-state index contributed by atoms with van der Waals surface area (Å²) in [5, 5.41) is 9.93. The van der Waals surface area contributed by atoms with Crippen LogP contribution in [0.1, 0.15) is 35.8 Å². The minimum atomic E-state index is -0.436. The Balaban J connectivity index is 1.81. The Labute approximate surface area is 151 Å². The van der Waals surface area contributed by atoms with E-state index in [1.54, 1.807) is 13.3 Å². The Morgan fingerprint density at radius 2 is 2.16 bits per heavy atom. The number of pyridine rings is 1. The molecule has 1 N–H and O–H groups in total. The first-order valence-corrected chi connectivity index (χ1v) is 8.52. The van der Waals surface area contributed by atoms with Crippen molar-refractivity contribution in [1.29, 1.82) is 0 Å². The van der Waals surface area contributed by atoms with Gasteiger partial charge in [-0.3, -0.25) is 9.78 Å². The van der Waals surface area contributed by atoms with Crippen molar-refractivity contribution >= 4 is 17.4 Å². The molecule has 1 aromatic carbocycles. The van der Waals surface area contributed by atoms with Gasteiger partial charge in [0.15, 0.2) is 0 Å². The Morgan fingerprint density at radius 1 is 1.32 bits per heavy atom. The number of rotatable bonds is 5. The minimum Gasteiger partial charge on any atom is -0.495 e. The van der Waals surface area contributed by atoms with E-state index >= 15 is 0 Å². The highest BCUT2D eigenvalue weighted by Gasteiger charge is 2.28. The van der Waals surface area contributed by atoms with E-state index in [1.807, 2.05) is 30.3 Å². The molecule has 2 atom stereocenters. The van der Waals surface area contributed by atoms with Gasteiger partial charge in [0.25, 0.3) is 0 Å². The van der Waals surface area contributed by atoms with Gasteiger partial charge >= 0.3 is 0 Å². The van der Waals surface area contributed by atoms with Gasteiger partial charge in [0.05, 0.1) is 32.1 Å². The lowest BCUT2D eigenvalue weighted by Gasteiger charge is -2.28. The molecule has 0 saturated carbocycles. The number of aliphatic hydroxyl groups is 1. The maximum absolute atomic E-state index is 11.9. The van der Waals surface area contributed by atoms with E-state index in [-0.39, 0.29) is 24.9 Å². The maximum atomic E-state index is 11.9. The van der Waals surface area contributed by atoms with Crippen LogP contribution in [-0.4, -0.2) is 35.7 Å². The van der Waals surface area contributed by atoms with Crippen LogP contribution in [0.25, 0.3) is 0 Å². The number of methoxy groups -OCH3 is 1. The van der Waals surface area contributed by atoms with Gasteiger partial charge in [-0.15, -0.1) is 0 Å². The first-order chi connectivity index (χ1) is 12.1. The fourth-order valence-corrected chi connectivity index (χ4v) is 3.12. The van der Waals surface area contributed by atoms with Crippen LogP contribution < -0.4 is 4.74 Å². The molecular formula is C19H20ClNO4. The van der Waals surface area contributed by atoms with Crippen molar-refractivity contribution in [2.45, 2.75) is 31.5 Å². The van der Waals surface area contributed by atoms with Gasteiger partial charge in [0.2, 0.25) is 0 Å². The van der Waals surface area contributed by atoms with E-state index in [1.165, 1.54) is 0 Å². The van der Waals surface area contributed by atoms with Gasteiger partial charge < -0.3 is 14.6 Å². The summed E-state index contributed by atoms with van der Waals surface area (Å²) in [6.45, 7) is -0.154. The smallest absolute Gasteiger partial charge is 0.138 e. The van der Waals surface area contributed by atoms with Crippen molar-refractivity contribution in [3.05, 3.63) is 58.4 Å². The number of ether oxygens (including phenoxy) is 2. The minimum absolute atomic E-state index is 0.101. The second-order valence-corrected chi connectivity index (χ2v) is 6.50. The molecule has 0 bridgehead atoms. The van der Waals surface area contributed by atoms with Gasteiger partial charge in [0.1, 0.15) is 11.5 Å². The van der Waals surface area contributed by atoms with Gasteiger partial charge in [-0.25, -0.2) is 0 Å². The predicted molar refractivity (Wildman–Crippen MR) is 94.0 cm³/mol. The van der Waals surface area contributed by atoms with Gasteiger partial charge in [-0.1, -0.05) is 23.7 Å². The number of carbonyl (C=O) groups is 1. The van der Waals surface area contributed by atoms with Crippen molar-refractivity contribution in [3.8, 4) is 5.75 Å². The standard InChI is InChI=1S/C19H20ClNO4/c1-24-16-4-3-14(21-10-16)7-13-6-12(2-5-18(13)20)19-9-15(23)8-17(11-22)25-19/h2-6,10,17,19,22H,7-9,11H2,1H3. The molecule has 0 amide bonds. The Bertz CT molecular complexity index is 748. The molecule has 0 spiro atoms. The SMILES string of the molecule is COc1ccc(Cc2cc(C3CC(=O)CC(CO)O3)ccc2Cl)nc1. The maximum Gasteiger partial charge on any atom is 0.138 e. The summed E-state index contributed by atoms with van der Waals surface area (Å²) >= 11 is 6.33. The summed E-state index contributed by atoms with van der Waals surface area (Å²) in [6.07, 6.45) is 2.04. The second-order valence-electron chi connectivity index (χ2n) is 6.09. The lowest BCUT2D eigenvalue weighted by Crippen LogP contribution is -2.30. The number of hydrogen-bond donors (Lipinski definition) is 1. The second kappa shape index (κ2) is 7.95. The number of Topliss-reactive ketones (excluding diaryl/α,β-unsaturated/α-hetero) is 1. The summed E-state index contributed by atoms with van der Waals surface area (Å²) < 4.78 is 10.9. The Hall–Kier alpha value is -1.95. The molecule has 1 aromatic heterocycles. The summed E-state index contributed by atoms with van der Waals surface area (Å²) in [4.78, 5) is 16.2. The molecule has 2 aromatic rings. The van der Waals surface area contributed by atoms with Crippen molar-refractivity contribution in [3.63, 3.8) is 0 Å². The van der Waals surface area contributed by atoms with Crippen LogP contribution >= 0.6 is 11.6 Å². The van der Waals surface area contributed by atoms with Crippen LogP contribution in [0.5, 0.6) is 5.75 Å². The molecule has 1 aliphatic heterocycles. The fraction of sp³-hybridized carbons (Fsp3) is 0.368. The van der Waals surface area contributed by atoms with E-state index in [4.69, 9.17) is 21.1 Å². The average molecular weight is 362 g/mol. The molecule has 25 heavy (non-hydrogen) atoms. The highest BCUT2D eigenvalue weighted by molar-refractivity contribution is 6.31. The zero-order valence-electron chi connectivity index (χ0n) is 13.9. The normalized spacial score (nSPS) is 20.5. The molecule has 2 unspecified atom stereocenters. The number of aliphatic hydroxyl groups excluding tert-OH is 1.